The van der Waals surface area contributed by atoms with Gasteiger partial charge in [0.05, 0.1) is 5.56 Å². The quantitative estimate of drug-likeness (QED) is 0.646. The predicted molar refractivity (Wildman–Crippen MR) is 78.6 cm³/mol. The normalized spacial score (nSPS) is 10.1. The topological polar surface area (TPSA) is 113 Å². The number of carbonyl (C=O) groups excluding carboxylic acids is 1. The second-order valence-electron chi connectivity index (χ2n) is 4.58. The minimum atomic E-state index is -1.24. The molecule has 5 N–H and O–H groups in total. The maximum atomic E-state index is 12.1. The SMILES string of the molecule is Cc1ccc(N)c(C(=O)Nc2ccc(C(=O)O)c(O)c2)c1. The highest BCUT2D eigenvalue weighted by molar-refractivity contribution is 6.08. The first-order valence-corrected chi connectivity index (χ1v) is 6.12. The van der Waals surface area contributed by atoms with Crippen LogP contribution in [0.5, 0.6) is 5.75 Å². The fourth-order valence-electron chi connectivity index (χ4n) is 1.86. The summed E-state index contributed by atoms with van der Waals surface area (Å²) in [5.41, 5.74) is 7.34. The van der Waals surface area contributed by atoms with Gasteiger partial charge in [0.1, 0.15) is 11.3 Å². The lowest BCUT2D eigenvalue weighted by Crippen LogP contribution is -2.14. The number of aromatic hydroxyl groups is 1. The highest BCUT2D eigenvalue weighted by Crippen LogP contribution is 2.23. The highest BCUT2D eigenvalue weighted by Gasteiger charge is 2.13. The number of hydrogen-bond acceptors (Lipinski definition) is 4. The Kier molecular flexibility index (Phi) is 3.80. The van der Waals surface area contributed by atoms with E-state index in [4.69, 9.17) is 10.8 Å². The first kappa shape index (κ1) is 14.4. The van der Waals surface area contributed by atoms with E-state index >= 15 is 0 Å². The van der Waals surface area contributed by atoms with Gasteiger partial charge in [-0.05, 0) is 31.2 Å². The van der Waals surface area contributed by atoms with Crippen molar-refractivity contribution in [2.45, 2.75) is 6.92 Å². The zero-order chi connectivity index (χ0) is 15.6. The number of aryl methyl sites for hydroxylation is 1. The van der Waals surface area contributed by atoms with Crippen molar-refractivity contribution >= 4 is 23.3 Å². The summed E-state index contributed by atoms with van der Waals surface area (Å²) >= 11 is 0. The third-order valence-corrected chi connectivity index (χ3v) is 2.94. The number of carbonyl (C=O) groups is 2. The Balaban J connectivity index is 2.26. The van der Waals surface area contributed by atoms with Crippen molar-refractivity contribution in [2.24, 2.45) is 0 Å². The highest BCUT2D eigenvalue weighted by atomic mass is 16.4. The van der Waals surface area contributed by atoms with Crippen molar-refractivity contribution in [3.63, 3.8) is 0 Å². The first-order chi connectivity index (χ1) is 9.88. The fraction of sp³-hybridized carbons (Fsp3) is 0.0667. The maximum absolute atomic E-state index is 12.1. The zero-order valence-corrected chi connectivity index (χ0v) is 11.3. The molecule has 6 heteroatoms. The van der Waals surface area contributed by atoms with E-state index in [0.717, 1.165) is 5.56 Å². The number of nitrogens with two attached hydrogens (primary N) is 1. The lowest BCUT2D eigenvalue weighted by molar-refractivity contribution is 0.0693. The molecular weight excluding hydrogens is 272 g/mol. The summed E-state index contributed by atoms with van der Waals surface area (Å²) in [5, 5.41) is 21.0. The van der Waals surface area contributed by atoms with Crippen LogP contribution in [0.3, 0.4) is 0 Å². The van der Waals surface area contributed by atoms with Crippen LogP contribution in [-0.2, 0) is 0 Å². The monoisotopic (exact) mass is 286 g/mol. The van der Waals surface area contributed by atoms with Crippen LogP contribution in [0.4, 0.5) is 11.4 Å². The van der Waals surface area contributed by atoms with Crippen LogP contribution >= 0.6 is 0 Å². The third-order valence-electron chi connectivity index (χ3n) is 2.94. The Morgan fingerprint density at radius 3 is 2.43 bits per heavy atom. The molecule has 0 saturated carbocycles. The Hall–Kier alpha value is -3.02. The van der Waals surface area contributed by atoms with Gasteiger partial charge in [0.2, 0.25) is 0 Å². The number of aromatic carboxylic acids is 1. The van der Waals surface area contributed by atoms with Crippen LogP contribution in [0.1, 0.15) is 26.3 Å². The van der Waals surface area contributed by atoms with Gasteiger partial charge in [-0.2, -0.15) is 0 Å². The molecule has 0 radical (unpaired) electrons. The number of nitrogen functional groups attached to an aromatic ring is 1. The molecule has 0 aliphatic rings. The molecular formula is C15H14N2O4. The smallest absolute Gasteiger partial charge is 0.339 e. The van der Waals surface area contributed by atoms with Gasteiger partial charge in [-0.15, -0.1) is 0 Å². The van der Waals surface area contributed by atoms with E-state index in [0.29, 0.717) is 11.3 Å². The first-order valence-electron chi connectivity index (χ1n) is 6.12. The van der Waals surface area contributed by atoms with Crippen molar-refractivity contribution in [3.8, 4) is 5.75 Å². The average Bonchev–Trinajstić information content (AvgIpc) is 2.41. The molecule has 1 amide bonds. The van der Waals surface area contributed by atoms with Crippen molar-refractivity contribution in [3.05, 3.63) is 53.1 Å². The molecule has 0 aromatic heterocycles. The van der Waals surface area contributed by atoms with Crippen LogP contribution in [0.2, 0.25) is 0 Å². The molecule has 6 nitrogen and oxygen atoms in total. The van der Waals surface area contributed by atoms with Gasteiger partial charge in [-0.3, -0.25) is 4.79 Å². The summed E-state index contributed by atoms with van der Waals surface area (Å²) in [6.07, 6.45) is 0. The van der Waals surface area contributed by atoms with E-state index in [1.54, 1.807) is 18.2 Å². The number of benzene rings is 2. The van der Waals surface area contributed by atoms with Crippen LogP contribution in [0.25, 0.3) is 0 Å². The van der Waals surface area contributed by atoms with Crippen LogP contribution in [0.15, 0.2) is 36.4 Å². The van der Waals surface area contributed by atoms with E-state index in [1.807, 2.05) is 6.92 Å². The van der Waals surface area contributed by atoms with Crippen molar-refractivity contribution in [1.82, 2.24) is 0 Å². The lowest BCUT2D eigenvalue weighted by atomic mass is 10.1. The van der Waals surface area contributed by atoms with Gasteiger partial charge < -0.3 is 21.3 Å². The van der Waals surface area contributed by atoms with E-state index < -0.39 is 17.6 Å². The summed E-state index contributed by atoms with van der Waals surface area (Å²) in [4.78, 5) is 22.9. The number of anilines is 2. The number of nitrogens with one attached hydrogen (secondary N) is 1. The molecule has 2 aromatic carbocycles. The molecule has 108 valence electrons. The number of carboxylic acids is 1. The minimum absolute atomic E-state index is 0.233. The van der Waals surface area contributed by atoms with Gasteiger partial charge in [-0.25, -0.2) is 4.79 Å². The summed E-state index contributed by atoms with van der Waals surface area (Å²) in [7, 11) is 0. The molecule has 0 bridgehead atoms. The average molecular weight is 286 g/mol. The summed E-state index contributed by atoms with van der Waals surface area (Å²) in [6, 6.07) is 8.86. The second kappa shape index (κ2) is 5.54. The van der Waals surface area contributed by atoms with E-state index in [2.05, 4.69) is 5.32 Å². The summed E-state index contributed by atoms with van der Waals surface area (Å²) in [5.74, 6) is -2.09. The van der Waals surface area contributed by atoms with E-state index in [-0.39, 0.29) is 11.3 Å². The largest absolute Gasteiger partial charge is 0.507 e. The Morgan fingerprint density at radius 1 is 1.10 bits per heavy atom. The Morgan fingerprint density at radius 2 is 1.81 bits per heavy atom. The van der Waals surface area contributed by atoms with E-state index in [1.165, 1.54) is 18.2 Å². The molecule has 0 fully saturated rings. The zero-order valence-electron chi connectivity index (χ0n) is 11.3. The van der Waals surface area contributed by atoms with Crippen molar-refractivity contribution in [2.75, 3.05) is 11.1 Å². The molecule has 0 saturated heterocycles. The van der Waals surface area contributed by atoms with Gasteiger partial charge in [0.25, 0.3) is 5.91 Å². The molecule has 0 aliphatic heterocycles. The predicted octanol–water partition coefficient (Wildman–Crippen LogP) is 2.23. The Bertz CT molecular complexity index is 726. The number of amides is 1. The molecule has 0 unspecified atom stereocenters. The summed E-state index contributed by atoms with van der Waals surface area (Å²) in [6.45, 7) is 1.84. The standard InChI is InChI=1S/C15H14N2O4/c1-8-2-5-12(16)11(6-8)14(19)17-9-3-4-10(15(20)21)13(18)7-9/h2-7,18H,16H2,1H3,(H,17,19)(H,20,21). The molecule has 0 atom stereocenters. The second-order valence-corrected chi connectivity index (χ2v) is 4.58. The summed E-state index contributed by atoms with van der Waals surface area (Å²) < 4.78 is 0. The number of hydrogen-bond donors (Lipinski definition) is 4. The molecule has 2 aromatic rings. The molecule has 2 rings (SSSR count). The molecule has 0 spiro atoms. The van der Waals surface area contributed by atoms with Gasteiger partial charge in [-0.1, -0.05) is 11.6 Å². The minimum Gasteiger partial charge on any atom is -0.507 e. The van der Waals surface area contributed by atoms with Crippen molar-refractivity contribution < 1.29 is 19.8 Å². The number of rotatable bonds is 3. The lowest BCUT2D eigenvalue weighted by Gasteiger charge is -2.09. The maximum Gasteiger partial charge on any atom is 0.339 e. The number of carboxylic acid groups (broad SMARTS) is 1. The van der Waals surface area contributed by atoms with Gasteiger partial charge >= 0.3 is 5.97 Å². The van der Waals surface area contributed by atoms with Crippen LogP contribution < -0.4 is 11.1 Å². The van der Waals surface area contributed by atoms with Crippen LogP contribution in [0, 0.1) is 6.92 Å². The molecule has 0 aliphatic carbocycles. The number of phenols is 1. The van der Waals surface area contributed by atoms with Crippen molar-refractivity contribution in [1.29, 1.82) is 0 Å². The Labute approximate surface area is 120 Å². The molecule has 21 heavy (non-hydrogen) atoms. The van der Waals surface area contributed by atoms with Crippen LogP contribution in [-0.4, -0.2) is 22.1 Å². The molecule has 0 heterocycles. The van der Waals surface area contributed by atoms with E-state index in [9.17, 15) is 14.7 Å². The van der Waals surface area contributed by atoms with Gasteiger partial charge in [0.15, 0.2) is 0 Å². The van der Waals surface area contributed by atoms with Gasteiger partial charge in [0, 0.05) is 17.4 Å². The fourth-order valence-corrected chi connectivity index (χ4v) is 1.86. The third kappa shape index (κ3) is 3.11.